The lowest BCUT2D eigenvalue weighted by Crippen LogP contribution is -1.98. The van der Waals surface area contributed by atoms with Crippen LogP contribution >= 0.6 is 11.8 Å². The van der Waals surface area contributed by atoms with Gasteiger partial charge in [0.1, 0.15) is 11.5 Å². The van der Waals surface area contributed by atoms with Gasteiger partial charge in [-0.2, -0.15) is 0 Å². The van der Waals surface area contributed by atoms with E-state index in [2.05, 4.69) is 25.3 Å². The van der Waals surface area contributed by atoms with Crippen LogP contribution in [0.3, 0.4) is 0 Å². The first-order chi connectivity index (χ1) is 11.2. The molecule has 0 N–H and O–H groups in total. The van der Waals surface area contributed by atoms with Gasteiger partial charge >= 0.3 is 0 Å². The second kappa shape index (κ2) is 8.99. The molecule has 0 saturated carbocycles. The molecule has 2 aromatic carbocycles. The summed E-state index contributed by atoms with van der Waals surface area (Å²) in [7, 11) is 0.151. The molecule has 0 heterocycles. The molecule has 0 atom stereocenters. The molecular weight excluding hydrogens is 344 g/mol. The van der Waals surface area contributed by atoms with Crippen molar-refractivity contribution in [1.82, 2.24) is 0 Å². The highest BCUT2D eigenvalue weighted by atomic mass is 32.2. The average Bonchev–Trinajstić information content (AvgIpc) is 2.54. The van der Waals surface area contributed by atoms with E-state index in [1.54, 1.807) is 44.2 Å². The van der Waals surface area contributed by atoms with Gasteiger partial charge in [-0.1, -0.05) is 6.07 Å². The molecule has 0 unspecified atom stereocenters. The maximum Gasteiger partial charge on any atom is 0.175 e. The third-order valence-electron chi connectivity index (χ3n) is 3.33. The maximum atomic E-state index is 11.1. The van der Waals surface area contributed by atoms with Gasteiger partial charge in [0.2, 0.25) is 0 Å². The summed E-state index contributed by atoms with van der Waals surface area (Å²) in [5.41, 5.74) is 2.10. The van der Waals surface area contributed by atoms with E-state index in [-0.39, 0.29) is 0 Å². The Morgan fingerprint density at radius 3 is 1.96 bits per heavy atom. The molecular formula is C18H24O4S2. The Bertz CT molecular complexity index is 784. The molecule has 2 aromatic rings. The quantitative estimate of drug-likeness (QED) is 0.760. The summed E-state index contributed by atoms with van der Waals surface area (Å²) in [4.78, 5) is 1.53. The Morgan fingerprint density at radius 2 is 1.50 bits per heavy atom. The van der Waals surface area contributed by atoms with Gasteiger partial charge in [0.25, 0.3) is 0 Å². The number of hydrogen-bond acceptors (Lipinski definition) is 5. The predicted octanol–water partition coefficient (Wildman–Crippen LogP) is 4.13. The Kier molecular flexibility index (Phi) is 7.63. The van der Waals surface area contributed by atoms with Crippen LogP contribution in [0.2, 0.25) is 0 Å². The van der Waals surface area contributed by atoms with Crippen LogP contribution in [0.5, 0.6) is 11.5 Å². The van der Waals surface area contributed by atoms with Gasteiger partial charge in [0, 0.05) is 11.2 Å². The molecule has 0 amide bonds. The van der Waals surface area contributed by atoms with E-state index in [4.69, 9.17) is 9.47 Å². The van der Waals surface area contributed by atoms with Crippen molar-refractivity contribution in [1.29, 1.82) is 0 Å². The van der Waals surface area contributed by atoms with Gasteiger partial charge in [0.15, 0.2) is 9.84 Å². The number of hydrogen-bond donors (Lipinski definition) is 0. The van der Waals surface area contributed by atoms with Crippen molar-refractivity contribution in [3.8, 4) is 11.5 Å². The third-order valence-corrected chi connectivity index (χ3v) is 5.20. The first-order valence-electron chi connectivity index (χ1n) is 7.26. The highest BCUT2D eigenvalue weighted by Gasteiger charge is 2.08. The molecule has 0 aromatic heterocycles. The van der Waals surface area contributed by atoms with Crippen molar-refractivity contribution < 1.29 is 17.9 Å². The zero-order valence-corrected chi connectivity index (χ0v) is 16.5. The second-order valence-electron chi connectivity index (χ2n) is 5.26. The zero-order chi connectivity index (χ0) is 18.3. The van der Waals surface area contributed by atoms with Crippen molar-refractivity contribution in [2.45, 2.75) is 23.6 Å². The smallest absolute Gasteiger partial charge is 0.175 e. The molecule has 0 radical (unpaired) electrons. The molecule has 0 aliphatic heterocycles. The minimum Gasteiger partial charge on any atom is -0.496 e. The molecule has 4 nitrogen and oxygen atoms in total. The number of aryl methyl sites for hydroxylation is 2. The first kappa shape index (κ1) is 20.4. The third kappa shape index (κ3) is 5.76. The van der Waals surface area contributed by atoms with Crippen LogP contribution in [0.4, 0.5) is 0 Å². The van der Waals surface area contributed by atoms with Crippen molar-refractivity contribution in [2.75, 3.05) is 26.7 Å². The molecule has 0 spiro atoms. The molecule has 24 heavy (non-hydrogen) atoms. The summed E-state index contributed by atoms with van der Waals surface area (Å²) in [6.07, 6.45) is 3.24. The Morgan fingerprint density at radius 1 is 0.917 bits per heavy atom. The van der Waals surface area contributed by atoms with Gasteiger partial charge < -0.3 is 9.47 Å². The zero-order valence-electron chi connectivity index (χ0n) is 14.9. The fourth-order valence-corrected chi connectivity index (χ4v) is 3.39. The van der Waals surface area contributed by atoms with Crippen molar-refractivity contribution >= 4 is 21.6 Å². The molecule has 0 aliphatic carbocycles. The molecule has 0 saturated heterocycles. The lowest BCUT2D eigenvalue weighted by atomic mass is 10.2. The number of methoxy groups -OCH3 is 2. The number of benzene rings is 2. The molecule has 0 fully saturated rings. The SMILES string of the molecule is COc1ccc(C)cc1SC.COc1ccc(S(C)(=O)=O)cc1C. The van der Waals surface area contributed by atoms with E-state index >= 15 is 0 Å². The molecule has 0 aliphatic rings. The van der Waals surface area contributed by atoms with E-state index < -0.39 is 9.84 Å². The summed E-state index contributed by atoms with van der Waals surface area (Å²) in [5.74, 6) is 1.66. The lowest BCUT2D eigenvalue weighted by Gasteiger charge is -2.05. The van der Waals surface area contributed by atoms with E-state index in [9.17, 15) is 8.42 Å². The number of rotatable bonds is 4. The summed E-state index contributed by atoms with van der Waals surface area (Å²) < 4.78 is 32.5. The highest BCUT2D eigenvalue weighted by molar-refractivity contribution is 7.98. The normalized spacial score (nSPS) is 10.6. The molecule has 6 heteroatoms. The van der Waals surface area contributed by atoms with E-state index in [1.165, 1.54) is 16.7 Å². The van der Waals surface area contributed by atoms with Gasteiger partial charge in [-0.3, -0.25) is 0 Å². The fourth-order valence-electron chi connectivity index (χ4n) is 2.03. The molecule has 0 bridgehead atoms. The maximum absolute atomic E-state index is 11.1. The monoisotopic (exact) mass is 368 g/mol. The largest absolute Gasteiger partial charge is 0.496 e. The van der Waals surface area contributed by atoms with E-state index in [0.29, 0.717) is 10.6 Å². The molecule has 2 rings (SSSR count). The van der Waals surface area contributed by atoms with Crippen LogP contribution in [0.1, 0.15) is 11.1 Å². The highest BCUT2D eigenvalue weighted by Crippen LogP contribution is 2.27. The van der Waals surface area contributed by atoms with Crippen molar-refractivity contribution in [2.24, 2.45) is 0 Å². The average molecular weight is 369 g/mol. The summed E-state index contributed by atoms with van der Waals surface area (Å²) in [5, 5.41) is 0. The summed E-state index contributed by atoms with van der Waals surface area (Å²) in [6.45, 7) is 3.90. The van der Waals surface area contributed by atoms with Crippen LogP contribution in [0.25, 0.3) is 0 Å². The van der Waals surface area contributed by atoms with E-state index in [0.717, 1.165) is 11.3 Å². The minimum absolute atomic E-state index is 0.325. The van der Waals surface area contributed by atoms with Gasteiger partial charge in [-0.05, 0) is 61.6 Å². The van der Waals surface area contributed by atoms with Crippen molar-refractivity contribution in [3.63, 3.8) is 0 Å². The van der Waals surface area contributed by atoms with Crippen LogP contribution in [-0.4, -0.2) is 35.1 Å². The van der Waals surface area contributed by atoms with Crippen molar-refractivity contribution in [3.05, 3.63) is 47.5 Å². The fraction of sp³-hybridized carbons (Fsp3) is 0.333. The standard InChI is InChI=1S/C9H12O3S.C9H12OS/c1-7-6-8(13(3,10)11)4-5-9(7)12-2;1-7-4-5-8(10-2)9(6-7)11-3/h4-6H,1-3H3;4-6H,1-3H3. The van der Waals surface area contributed by atoms with Gasteiger partial charge in [-0.15, -0.1) is 11.8 Å². The van der Waals surface area contributed by atoms with Gasteiger partial charge in [-0.25, -0.2) is 8.42 Å². The lowest BCUT2D eigenvalue weighted by molar-refractivity contribution is 0.404. The van der Waals surface area contributed by atoms with E-state index in [1.807, 2.05) is 13.0 Å². The van der Waals surface area contributed by atoms with Crippen LogP contribution < -0.4 is 9.47 Å². The Balaban J connectivity index is 0.000000243. The number of ether oxygens (including phenoxy) is 2. The van der Waals surface area contributed by atoms with Gasteiger partial charge in [0.05, 0.1) is 19.1 Å². The second-order valence-corrected chi connectivity index (χ2v) is 8.13. The Labute approximate surface area is 149 Å². The predicted molar refractivity (Wildman–Crippen MR) is 100 cm³/mol. The summed E-state index contributed by atoms with van der Waals surface area (Å²) >= 11 is 1.71. The summed E-state index contributed by atoms with van der Waals surface area (Å²) in [6, 6.07) is 11.0. The number of thioether (sulfide) groups is 1. The Hall–Kier alpha value is -1.66. The van der Waals surface area contributed by atoms with Crippen LogP contribution in [-0.2, 0) is 9.84 Å². The van der Waals surface area contributed by atoms with Crippen LogP contribution in [0, 0.1) is 13.8 Å². The number of sulfone groups is 1. The first-order valence-corrected chi connectivity index (χ1v) is 10.4. The minimum atomic E-state index is -3.11. The van der Waals surface area contributed by atoms with Crippen LogP contribution in [0.15, 0.2) is 46.2 Å². The molecule has 132 valence electrons. The topological polar surface area (TPSA) is 52.6 Å².